The third-order valence-electron chi connectivity index (χ3n) is 2.49. The Morgan fingerprint density at radius 1 is 1.53 bits per heavy atom. The summed E-state index contributed by atoms with van der Waals surface area (Å²) in [4.78, 5) is 11.9. The maximum absolute atomic E-state index is 12.2. The average Bonchev–Trinajstić information content (AvgIpc) is 2.62. The van der Waals surface area contributed by atoms with Gasteiger partial charge in [-0.25, -0.2) is 0 Å². The molecule has 108 valence electrons. The van der Waals surface area contributed by atoms with E-state index in [9.17, 15) is 9.35 Å². The minimum atomic E-state index is -1.34. The number of aliphatic carboxylic acids is 1. The van der Waals surface area contributed by atoms with Crippen LogP contribution in [0.15, 0.2) is 15.9 Å². The van der Waals surface area contributed by atoms with Crippen LogP contribution in [0.5, 0.6) is 0 Å². The van der Waals surface area contributed by atoms with Gasteiger partial charge in [-0.3, -0.25) is 4.79 Å². The molecule has 0 unspecified atom stereocenters. The van der Waals surface area contributed by atoms with Gasteiger partial charge in [0.1, 0.15) is 10.3 Å². The van der Waals surface area contributed by atoms with E-state index in [1.807, 2.05) is 32.2 Å². The summed E-state index contributed by atoms with van der Waals surface area (Å²) in [6, 6.07) is 1.86. The SMILES string of the molecule is CC(C)(C)[S@@+]([O-])N[C@@](C)(CC(=O)O)c1cc(Br)cs1. The minimum Gasteiger partial charge on any atom is -0.598 e. The molecule has 0 aliphatic heterocycles. The topological polar surface area (TPSA) is 72.4 Å². The first kappa shape index (κ1) is 17.0. The van der Waals surface area contributed by atoms with Crippen LogP contribution < -0.4 is 4.72 Å². The van der Waals surface area contributed by atoms with E-state index in [1.165, 1.54) is 11.3 Å². The number of carbonyl (C=O) groups is 1. The highest BCUT2D eigenvalue weighted by Gasteiger charge is 2.39. The molecule has 2 atom stereocenters. The second kappa shape index (κ2) is 6.13. The van der Waals surface area contributed by atoms with Crippen molar-refractivity contribution in [3.05, 3.63) is 20.8 Å². The van der Waals surface area contributed by atoms with Crippen molar-refractivity contribution in [2.75, 3.05) is 0 Å². The van der Waals surface area contributed by atoms with E-state index >= 15 is 0 Å². The van der Waals surface area contributed by atoms with Gasteiger partial charge in [-0.1, -0.05) is 0 Å². The molecule has 0 bridgehead atoms. The number of carboxylic acids is 1. The van der Waals surface area contributed by atoms with Crippen molar-refractivity contribution < 1.29 is 14.5 Å². The fourth-order valence-electron chi connectivity index (χ4n) is 1.44. The second-order valence-corrected chi connectivity index (χ2v) is 9.31. The maximum Gasteiger partial charge on any atom is 0.305 e. The molecule has 0 aromatic carbocycles. The zero-order valence-electron chi connectivity index (χ0n) is 11.3. The first-order chi connectivity index (χ1) is 8.54. The molecule has 0 saturated heterocycles. The number of hydrogen-bond acceptors (Lipinski definition) is 4. The van der Waals surface area contributed by atoms with Crippen molar-refractivity contribution in [1.29, 1.82) is 0 Å². The van der Waals surface area contributed by atoms with Gasteiger partial charge in [0.2, 0.25) is 0 Å². The van der Waals surface area contributed by atoms with Crippen LogP contribution in [-0.4, -0.2) is 20.4 Å². The van der Waals surface area contributed by atoms with Crippen molar-refractivity contribution in [1.82, 2.24) is 4.72 Å². The summed E-state index contributed by atoms with van der Waals surface area (Å²) in [5.41, 5.74) is -0.847. The molecule has 1 rings (SSSR count). The van der Waals surface area contributed by atoms with Crippen LogP contribution in [0, 0.1) is 0 Å². The molecule has 1 aromatic rings. The molecule has 0 radical (unpaired) electrons. The first-order valence-electron chi connectivity index (χ1n) is 5.70. The van der Waals surface area contributed by atoms with Crippen molar-refractivity contribution in [2.45, 2.75) is 44.4 Å². The third kappa shape index (κ3) is 4.75. The second-order valence-electron chi connectivity index (χ2n) is 5.51. The lowest BCUT2D eigenvalue weighted by Gasteiger charge is -2.33. The fourth-order valence-corrected chi connectivity index (χ4v) is 3.94. The predicted octanol–water partition coefficient (Wildman–Crippen LogP) is 3.25. The van der Waals surface area contributed by atoms with E-state index in [4.69, 9.17) is 5.11 Å². The summed E-state index contributed by atoms with van der Waals surface area (Å²) in [5, 5.41) is 11.0. The van der Waals surface area contributed by atoms with Crippen molar-refractivity contribution in [3.8, 4) is 0 Å². The smallest absolute Gasteiger partial charge is 0.305 e. The molecule has 19 heavy (non-hydrogen) atoms. The van der Waals surface area contributed by atoms with Crippen LogP contribution in [0.25, 0.3) is 0 Å². The van der Waals surface area contributed by atoms with E-state index in [1.54, 1.807) is 6.92 Å². The van der Waals surface area contributed by atoms with Crippen LogP contribution in [0.4, 0.5) is 0 Å². The van der Waals surface area contributed by atoms with Crippen LogP contribution in [0.3, 0.4) is 0 Å². The Bertz CT molecular complexity index is 458. The molecule has 0 aliphatic carbocycles. The quantitative estimate of drug-likeness (QED) is 0.783. The first-order valence-corrected chi connectivity index (χ1v) is 8.53. The molecule has 0 aliphatic rings. The molecule has 0 saturated carbocycles. The number of halogens is 1. The van der Waals surface area contributed by atoms with Crippen LogP contribution >= 0.6 is 27.3 Å². The summed E-state index contributed by atoms with van der Waals surface area (Å²) in [6.07, 6.45) is -0.123. The highest BCUT2D eigenvalue weighted by atomic mass is 79.9. The lowest BCUT2D eigenvalue weighted by Crippen LogP contribution is -2.50. The fraction of sp³-hybridized carbons (Fsp3) is 0.583. The van der Waals surface area contributed by atoms with E-state index in [2.05, 4.69) is 20.7 Å². The standard InChI is InChI=1S/C12H18BrNO3S2/c1-11(2,3)19(17)14-12(4,6-10(15)16)9-5-8(13)7-18-9/h5,7,14H,6H2,1-4H3,(H,15,16)/t12-,19+/m0/s1. The van der Waals surface area contributed by atoms with Crippen molar-refractivity contribution in [3.63, 3.8) is 0 Å². The van der Waals surface area contributed by atoms with Crippen LogP contribution in [0.2, 0.25) is 0 Å². The van der Waals surface area contributed by atoms with E-state index in [0.717, 1.165) is 9.35 Å². The molecule has 0 spiro atoms. The van der Waals surface area contributed by atoms with Crippen LogP contribution in [-0.2, 0) is 21.7 Å². The van der Waals surface area contributed by atoms with E-state index in [-0.39, 0.29) is 6.42 Å². The van der Waals surface area contributed by atoms with Gasteiger partial charge in [0.15, 0.2) is 0 Å². The zero-order valence-corrected chi connectivity index (χ0v) is 14.5. The molecule has 2 N–H and O–H groups in total. The largest absolute Gasteiger partial charge is 0.598 e. The van der Waals surface area contributed by atoms with Gasteiger partial charge >= 0.3 is 5.97 Å². The van der Waals surface area contributed by atoms with Gasteiger partial charge in [0.05, 0.1) is 6.42 Å². The lowest BCUT2D eigenvalue weighted by atomic mass is 9.97. The number of hydrogen-bond donors (Lipinski definition) is 2. The summed E-state index contributed by atoms with van der Waals surface area (Å²) in [7, 11) is 0. The Morgan fingerprint density at radius 3 is 2.47 bits per heavy atom. The van der Waals surface area contributed by atoms with Gasteiger partial charge in [-0.05, 0) is 49.7 Å². The monoisotopic (exact) mass is 367 g/mol. The van der Waals surface area contributed by atoms with Gasteiger partial charge in [-0.15, -0.1) is 16.1 Å². The Kier molecular flexibility index (Phi) is 5.48. The lowest BCUT2D eigenvalue weighted by molar-refractivity contribution is -0.138. The Hall–Kier alpha value is -0.0800. The number of thiophene rings is 1. The minimum absolute atomic E-state index is 0.123. The predicted molar refractivity (Wildman–Crippen MR) is 82.7 cm³/mol. The number of nitrogens with one attached hydrogen (secondary N) is 1. The highest BCUT2D eigenvalue weighted by Crippen LogP contribution is 2.34. The Morgan fingerprint density at radius 2 is 2.11 bits per heavy atom. The van der Waals surface area contributed by atoms with Crippen LogP contribution in [0.1, 0.15) is 39.0 Å². The van der Waals surface area contributed by atoms with Gasteiger partial charge in [0, 0.05) is 26.1 Å². The summed E-state index contributed by atoms with van der Waals surface area (Å²) in [6.45, 7) is 7.31. The Balaban J connectivity index is 3.03. The van der Waals surface area contributed by atoms with Gasteiger partial charge in [0.25, 0.3) is 0 Å². The average molecular weight is 368 g/mol. The molecule has 1 aromatic heterocycles. The summed E-state index contributed by atoms with van der Waals surface area (Å²) >= 11 is 3.46. The Labute approximate surface area is 129 Å². The summed E-state index contributed by atoms with van der Waals surface area (Å²) in [5.74, 6) is -0.926. The molecule has 1 heterocycles. The van der Waals surface area contributed by atoms with E-state index < -0.39 is 27.6 Å². The number of rotatable bonds is 5. The molecular weight excluding hydrogens is 350 g/mol. The van der Waals surface area contributed by atoms with Crippen molar-refractivity contribution >= 4 is 44.6 Å². The van der Waals surface area contributed by atoms with Gasteiger partial charge in [-0.2, -0.15) is 0 Å². The normalized spacial score (nSPS) is 16.9. The molecule has 0 amide bonds. The van der Waals surface area contributed by atoms with Gasteiger partial charge < -0.3 is 9.66 Å². The molecule has 0 fully saturated rings. The molecular formula is C12H18BrNO3S2. The van der Waals surface area contributed by atoms with Crippen molar-refractivity contribution in [2.24, 2.45) is 0 Å². The maximum atomic E-state index is 12.2. The third-order valence-corrected chi connectivity index (χ3v) is 6.19. The molecule has 4 nitrogen and oxygen atoms in total. The number of carboxylic acid groups (broad SMARTS) is 1. The zero-order chi connectivity index (χ0) is 14.8. The highest BCUT2D eigenvalue weighted by molar-refractivity contribution is 9.10. The molecule has 7 heteroatoms. The summed E-state index contributed by atoms with van der Waals surface area (Å²) < 4.78 is 15.7. The van der Waals surface area contributed by atoms with E-state index in [0.29, 0.717) is 0 Å².